The molecule has 1 N–H and O–H groups in total. The van der Waals surface area contributed by atoms with Crippen molar-refractivity contribution in [3.8, 4) is 0 Å². The molecule has 62 heavy (non-hydrogen) atoms. The zero-order valence-corrected chi connectivity index (χ0v) is 36.4. The monoisotopic (exact) mass is 852 g/mol. The summed E-state index contributed by atoms with van der Waals surface area (Å²) >= 11 is 0. The number of pyridine rings is 1. The molecule has 13 heteroatoms. The average molecular weight is 853 g/mol. The van der Waals surface area contributed by atoms with Crippen molar-refractivity contribution in [2.45, 2.75) is 140 Å². The van der Waals surface area contributed by atoms with Gasteiger partial charge in [-0.05, 0) is 121 Å². The Morgan fingerprint density at radius 2 is 1.61 bits per heavy atom. The minimum atomic E-state index is -2.71. The number of hydrogen-bond acceptors (Lipinski definition) is 8. The number of piperazine rings is 1. The molecule has 2 aliphatic carbocycles. The van der Waals surface area contributed by atoms with Crippen LogP contribution in [0.1, 0.15) is 141 Å². The Balaban J connectivity index is 1.02. The van der Waals surface area contributed by atoms with Crippen LogP contribution in [-0.4, -0.2) is 111 Å². The van der Waals surface area contributed by atoms with Crippen molar-refractivity contribution in [2.24, 2.45) is 5.92 Å². The summed E-state index contributed by atoms with van der Waals surface area (Å²) in [5.41, 5.74) is 3.53. The SMILES string of the molecule is CC(C)(C)OC(=O)N1CC2CC[C@H](C1CN(CCCCN1C(=O)c3ccccc3C1=O)[C@H]1CCCc3cccnc31)N2CC[C@H](NC(=O)C1CCC(F)(F)CC1)c1ccccc1. The predicted octanol–water partition coefficient (Wildman–Crippen LogP) is 8.36. The number of nitrogens with zero attached hydrogens (tertiary/aromatic N) is 5. The van der Waals surface area contributed by atoms with Crippen molar-refractivity contribution in [1.29, 1.82) is 0 Å². The van der Waals surface area contributed by atoms with Crippen LogP contribution in [0.4, 0.5) is 13.6 Å². The van der Waals surface area contributed by atoms with Crippen molar-refractivity contribution < 1.29 is 32.7 Å². The van der Waals surface area contributed by atoms with E-state index in [2.05, 4.69) is 21.2 Å². The summed E-state index contributed by atoms with van der Waals surface area (Å²) in [7, 11) is 0. The van der Waals surface area contributed by atoms with Crippen molar-refractivity contribution in [3.63, 3.8) is 0 Å². The Hall–Kier alpha value is -4.75. The number of nitrogens with one attached hydrogen (secondary N) is 1. The summed E-state index contributed by atoms with van der Waals surface area (Å²) in [6.07, 6.45) is 8.11. The van der Waals surface area contributed by atoms with Crippen LogP contribution < -0.4 is 5.32 Å². The maximum atomic E-state index is 14.2. The number of fused-ring (bicyclic) bond motifs is 4. The van der Waals surface area contributed by atoms with Crippen LogP contribution in [0.5, 0.6) is 0 Å². The minimum Gasteiger partial charge on any atom is -0.444 e. The van der Waals surface area contributed by atoms with Gasteiger partial charge in [-0.1, -0.05) is 48.5 Å². The second kappa shape index (κ2) is 18.5. The fourth-order valence-electron chi connectivity index (χ4n) is 10.7. The molecule has 2 aromatic carbocycles. The Labute approximate surface area is 364 Å². The molecule has 3 aromatic rings. The zero-order chi connectivity index (χ0) is 43.6. The van der Waals surface area contributed by atoms with Gasteiger partial charge in [0.15, 0.2) is 0 Å². The number of likely N-dealkylation sites (tertiary alicyclic amines) is 1. The first-order valence-electron chi connectivity index (χ1n) is 22.9. The summed E-state index contributed by atoms with van der Waals surface area (Å²) in [5.74, 6) is -3.79. The van der Waals surface area contributed by atoms with E-state index >= 15 is 0 Å². The highest BCUT2D eigenvalue weighted by Crippen LogP contribution is 2.40. The number of alkyl halides is 2. The molecule has 8 rings (SSSR count). The van der Waals surface area contributed by atoms with E-state index in [4.69, 9.17) is 9.72 Å². The second-order valence-electron chi connectivity index (χ2n) is 19.1. The van der Waals surface area contributed by atoms with Gasteiger partial charge in [0.2, 0.25) is 11.8 Å². The highest BCUT2D eigenvalue weighted by atomic mass is 19.3. The lowest BCUT2D eigenvalue weighted by Gasteiger charge is -2.49. The summed E-state index contributed by atoms with van der Waals surface area (Å²) in [5, 5.41) is 3.27. The predicted molar refractivity (Wildman–Crippen MR) is 232 cm³/mol. The summed E-state index contributed by atoms with van der Waals surface area (Å²) in [6, 6.07) is 20.7. The Morgan fingerprint density at radius 1 is 0.903 bits per heavy atom. The Kier molecular flexibility index (Phi) is 13.1. The largest absolute Gasteiger partial charge is 0.444 e. The van der Waals surface area contributed by atoms with Crippen molar-refractivity contribution >= 4 is 23.8 Å². The molecule has 2 bridgehead atoms. The van der Waals surface area contributed by atoms with Gasteiger partial charge < -0.3 is 15.0 Å². The molecule has 0 radical (unpaired) electrons. The van der Waals surface area contributed by atoms with Gasteiger partial charge in [-0.15, -0.1) is 0 Å². The highest BCUT2D eigenvalue weighted by molar-refractivity contribution is 6.21. The van der Waals surface area contributed by atoms with Crippen molar-refractivity contribution in [2.75, 3.05) is 32.7 Å². The molecule has 0 spiro atoms. The van der Waals surface area contributed by atoms with Gasteiger partial charge in [0.05, 0.1) is 34.9 Å². The van der Waals surface area contributed by atoms with Gasteiger partial charge in [-0.3, -0.25) is 34.1 Å². The topological polar surface area (TPSA) is 115 Å². The van der Waals surface area contributed by atoms with Gasteiger partial charge in [0, 0.05) is 63.2 Å². The van der Waals surface area contributed by atoms with E-state index in [0.29, 0.717) is 56.7 Å². The number of aromatic nitrogens is 1. The van der Waals surface area contributed by atoms with Gasteiger partial charge in [0.1, 0.15) is 5.60 Å². The average Bonchev–Trinajstić information content (AvgIpc) is 3.69. The van der Waals surface area contributed by atoms with Gasteiger partial charge >= 0.3 is 6.09 Å². The number of imide groups is 1. The molecule has 1 aromatic heterocycles. The molecular formula is C49H62F2N6O5. The summed E-state index contributed by atoms with van der Waals surface area (Å²) in [4.78, 5) is 67.5. The van der Waals surface area contributed by atoms with E-state index in [1.807, 2.05) is 68.3 Å². The third-order valence-electron chi connectivity index (χ3n) is 13.8. The molecule has 4 amide bonds. The van der Waals surface area contributed by atoms with E-state index in [1.54, 1.807) is 24.3 Å². The molecule has 3 aliphatic heterocycles. The van der Waals surface area contributed by atoms with Crippen LogP contribution in [0.15, 0.2) is 72.9 Å². The molecule has 11 nitrogen and oxygen atoms in total. The van der Waals surface area contributed by atoms with E-state index in [1.165, 1.54) is 10.5 Å². The third-order valence-corrected chi connectivity index (χ3v) is 13.8. The van der Waals surface area contributed by atoms with Crippen LogP contribution >= 0.6 is 0 Å². The molecule has 5 atom stereocenters. The van der Waals surface area contributed by atoms with E-state index in [-0.39, 0.29) is 79.7 Å². The van der Waals surface area contributed by atoms with E-state index in [9.17, 15) is 28.0 Å². The number of hydrogen-bond donors (Lipinski definition) is 1. The first-order chi connectivity index (χ1) is 29.8. The van der Waals surface area contributed by atoms with Crippen molar-refractivity contribution in [3.05, 3.63) is 101 Å². The number of ether oxygens (including phenoxy) is 1. The van der Waals surface area contributed by atoms with Gasteiger partial charge in [-0.25, -0.2) is 13.6 Å². The zero-order valence-electron chi connectivity index (χ0n) is 36.4. The quantitative estimate of drug-likeness (QED) is 0.127. The fourth-order valence-corrected chi connectivity index (χ4v) is 10.7. The first-order valence-corrected chi connectivity index (χ1v) is 22.9. The number of benzene rings is 2. The third kappa shape index (κ3) is 9.73. The molecular weight excluding hydrogens is 791 g/mol. The van der Waals surface area contributed by atoms with E-state index < -0.39 is 17.4 Å². The number of carbonyl (C=O) groups is 4. The van der Waals surface area contributed by atoms with Crippen LogP contribution in [0.3, 0.4) is 0 Å². The summed E-state index contributed by atoms with van der Waals surface area (Å²) in [6.45, 7) is 8.50. The lowest BCUT2D eigenvalue weighted by atomic mass is 9.86. The lowest BCUT2D eigenvalue weighted by molar-refractivity contribution is -0.130. The molecule has 3 fully saturated rings. The minimum absolute atomic E-state index is 0.0293. The molecule has 332 valence electrons. The number of aryl methyl sites for hydroxylation is 1. The van der Waals surface area contributed by atoms with Gasteiger partial charge in [-0.2, -0.15) is 0 Å². The van der Waals surface area contributed by atoms with Crippen molar-refractivity contribution in [1.82, 2.24) is 29.9 Å². The van der Waals surface area contributed by atoms with Crippen LogP contribution in [0.2, 0.25) is 0 Å². The lowest BCUT2D eigenvalue weighted by Crippen LogP contribution is -2.64. The Bertz CT molecular complexity index is 2050. The number of carbonyl (C=O) groups excluding carboxylic acids is 4. The van der Waals surface area contributed by atoms with Gasteiger partial charge in [0.25, 0.3) is 11.8 Å². The molecule has 2 unspecified atom stereocenters. The Morgan fingerprint density at radius 3 is 2.32 bits per heavy atom. The number of rotatable bonds is 14. The highest BCUT2D eigenvalue weighted by Gasteiger charge is 2.50. The number of unbranched alkanes of at least 4 members (excludes halogenated alkanes) is 1. The number of amides is 4. The fraction of sp³-hybridized carbons (Fsp3) is 0.571. The van der Waals surface area contributed by atoms with Crippen LogP contribution in [-0.2, 0) is 16.0 Å². The second-order valence-corrected chi connectivity index (χ2v) is 19.1. The molecule has 1 saturated carbocycles. The molecule has 5 aliphatic rings. The van der Waals surface area contributed by atoms with E-state index in [0.717, 1.165) is 49.8 Å². The maximum absolute atomic E-state index is 14.2. The normalized spacial score (nSPS) is 24.2. The first kappa shape index (κ1) is 43.9. The smallest absolute Gasteiger partial charge is 0.410 e. The summed E-state index contributed by atoms with van der Waals surface area (Å²) < 4.78 is 34.1. The van der Waals surface area contributed by atoms with Crippen LogP contribution in [0, 0.1) is 5.92 Å². The molecule has 2 saturated heterocycles. The number of halogens is 2. The van der Waals surface area contributed by atoms with Crippen LogP contribution in [0.25, 0.3) is 0 Å². The maximum Gasteiger partial charge on any atom is 0.410 e. The molecule has 4 heterocycles. The standard InChI is InChI=1S/C49H62F2N6O5/c1-48(2,3)62-47(61)57-31-36-20-21-40(55(36)30-24-39(33-13-5-4-6-14-33)53-44(58)35-22-25-49(50,51)26-23-35)42(57)32-54(41-19-11-15-34-16-12-27-52-43(34)41)28-9-10-29-56-45(59)37-17-7-8-18-38(37)46(56)60/h4-8,12-14,16-18,27,35-36,39-42H,9-11,15,19-26,28-32H2,1-3H3,(H,53,58)/t36?,39-,40+,41-,42?/m0/s1.